The van der Waals surface area contributed by atoms with Crippen molar-refractivity contribution in [1.29, 1.82) is 0 Å². The topological polar surface area (TPSA) is 80.0 Å². The number of carbonyl (C=O) groups excluding carboxylic acids is 1. The zero-order valence-electron chi connectivity index (χ0n) is 13.3. The lowest BCUT2D eigenvalue weighted by molar-refractivity contribution is 0.0939. The van der Waals surface area contributed by atoms with E-state index in [2.05, 4.69) is 15.6 Å². The molecule has 124 valence electrons. The van der Waals surface area contributed by atoms with Gasteiger partial charge in [0.05, 0.1) is 17.5 Å². The van der Waals surface area contributed by atoms with Crippen molar-refractivity contribution in [3.8, 4) is 5.69 Å². The molecule has 0 aliphatic carbocycles. The molecule has 1 unspecified atom stereocenters. The summed E-state index contributed by atoms with van der Waals surface area (Å²) in [5.41, 5.74) is 1.85. The van der Waals surface area contributed by atoms with Crippen LogP contribution in [-0.4, -0.2) is 38.7 Å². The van der Waals surface area contributed by atoms with Gasteiger partial charge in [-0.05, 0) is 38.0 Å². The van der Waals surface area contributed by atoms with Crippen LogP contribution in [0.15, 0.2) is 24.3 Å². The number of amides is 1. The molecule has 0 fully saturated rings. The van der Waals surface area contributed by atoms with Gasteiger partial charge in [-0.15, -0.1) is 5.10 Å². The highest BCUT2D eigenvalue weighted by atomic mass is 35.5. The molecule has 2 N–H and O–H groups in total. The molecule has 7 heteroatoms. The van der Waals surface area contributed by atoms with Crippen LogP contribution in [0.25, 0.3) is 5.69 Å². The van der Waals surface area contributed by atoms with E-state index in [1.807, 2.05) is 19.1 Å². The lowest BCUT2D eigenvalue weighted by Gasteiger charge is -2.08. The summed E-state index contributed by atoms with van der Waals surface area (Å²) in [7, 11) is 0. The predicted octanol–water partition coefficient (Wildman–Crippen LogP) is 2.37. The number of carbonyl (C=O) groups is 1. The van der Waals surface area contributed by atoms with Crippen molar-refractivity contribution in [2.75, 3.05) is 6.54 Å². The molecule has 0 aliphatic heterocycles. The average molecular weight is 337 g/mol. The maximum Gasteiger partial charge on any atom is 0.273 e. The molecule has 0 aliphatic rings. The number of aromatic nitrogens is 3. The normalized spacial score (nSPS) is 12.2. The smallest absolute Gasteiger partial charge is 0.273 e. The Morgan fingerprint density at radius 1 is 1.48 bits per heavy atom. The quantitative estimate of drug-likeness (QED) is 0.813. The molecule has 1 aromatic carbocycles. The number of nitrogens with zero attached hydrogens (tertiary/aromatic N) is 3. The number of nitrogens with one attached hydrogen (secondary N) is 1. The summed E-state index contributed by atoms with van der Waals surface area (Å²) in [6.45, 7) is 4.11. The van der Waals surface area contributed by atoms with E-state index in [4.69, 9.17) is 11.6 Å². The van der Waals surface area contributed by atoms with Gasteiger partial charge in [-0.2, -0.15) is 0 Å². The van der Waals surface area contributed by atoms with Gasteiger partial charge < -0.3 is 10.4 Å². The van der Waals surface area contributed by atoms with Crippen LogP contribution in [0.5, 0.6) is 0 Å². The number of hydrogen-bond acceptors (Lipinski definition) is 4. The Kier molecular flexibility index (Phi) is 6.12. The van der Waals surface area contributed by atoms with E-state index in [9.17, 15) is 9.90 Å². The van der Waals surface area contributed by atoms with E-state index < -0.39 is 6.10 Å². The first-order chi connectivity index (χ1) is 11.0. The number of halogens is 1. The lowest BCUT2D eigenvalue weighted by atomic mass is 10.2. The summed E-state index contributed by atoms with van der Waals surface area (Å²) in [6.07, 6.45) is 1.59. The van der Waals surface area contributed by atoms with Crippen molar-refractivity contribution in [2.24, 2.45) is 0 Å². The van der Waals surface area contributed by atoms with Gasteiger partial charge in [-0.25, -0.2) is 4.68 Å². The molecule has 0 saturated carbocycles. The SMILES string of the molecule is CCCc1c(C(=O)NCCC(C)O)nnn1-c1cccc(Cl)c1. The van der Waals surface area contributed by atoms with E-state index >= 15 is 0 Å². The third kappa shape index (κ3) is 4.53. The van der Waals surface area contributed by atoms with Gasteiger partial charge in [-0.1, -0.05) is 36.2 Å². The summed E-state index contributed by atoms with van der Waals surface area (Å²) in [4.78, 5) is 12.3. The van der Waals surface area contributed by atoms with Crippen molar-refractivity contribution in [3.63, 3.8) is 0 Å². The minimum absolute atomic E-state index is 0.276. The van der Waals surface area contributed by atoms with Gasteiger partial charge in [0.1, 0.15) is 0 Å². The minimum atomic E-state index is -0.451. The molecule has 2 rings (SSSR count). The zero-order chi connectivity index (χ0) is 16.8. The molecule has 0 radical (unpaired) electrons. The van der Waals surface area contributed by atoms with Gasteiger partial charge in [0.15, 0.2) is 5.69 Å². The van der Waals surface area contributed by atoms with Crippen LogP contribution < -0.4 is 5.32 Å². The Bertz CT molecular complexity index is 670. The highest BCUT2D eigenvalue weighted by Crippen LogP contribution is 2.18. The molecule has 1 atom stereocenters. The van der Waals surface area contributed by atoms with E-state index in [1.54, 1.807) is 23.7 Å². The molecule has 0 bridgehead atoms. The fourth-order valence-corrected chi connectivity index (χ4v) is 2.42. The Labute approximate surface area is 140 Å². The van der Waals surface area contributed by atoms with Crippen LogP contribution >= 0.6 is 11.6 Å². The molecule has 6 nitrogen and oxygen atoms in total. The first-order valence-electron chi connectivity index (χ1n) is 7.69. The number of aliphatic hydroxyl groups is 1. The van der Waals surface area contributed by atoms with Crippen molar-refractivity contribution >= 4 is 17.5 Å². The summed E-state index contributed by atoms with van der Waals surface area (Å²) >= 11 is 6.03. The third-order valence-corrected chi connectivity index (χ3v) is 3.60. The number of benzene rings is 1. The maximum atomic E-state index is 12.3. The third-order valence-electron chi connectivity index (χ3n) is 3.37. The maximum absolute atomic E-state index is 12.3. The fourth-order valence-electron chi connectivity index (χ4n) is 2.23. The Hall–Kier alpha value is -1.92. The van der Waals surface area contributed by atoms with Gasteiger partial charge in [-0.3, -0.25) is 4.79 Å². The van der Waals surface area contributed by atoms with E-state index in [-0.39, 0.29) is 5.91 Å². The molecule has 1 amide bonds. The molecule has 1 heterocycles. The molecule has 0 saturated heterocycles. The van der Waals surface area contributed by atoms with Gasteiger partial charge in [0.2, 0.25) is 0 Å². The zero-order valence-corrected chi connectivity index (χ0v) is 14.0. The average Bonchev–Trinajstić information content (AvgIpc) is 2.91. The molecule has 0 spiro atoms. The van der Waals surface area contributed by atoms with E-state index in [0.717, 1.165) is 17.8 Å². The summed E-state index contributed by atoms with van der Waals surface area (Å²) < 4.78 is 1.65. The van der Waals surface area contributed by atoms with Gasteiger partial charge in [0, 0.05) is 11.6 Å². The monoisotopic (exact) mass is 336 g/mol. The molecule has 1 aromatic heterocycles. The van der Waals surface area contributed by atoms with Crippen LogP contribution in [0, 0.1) is 0 Å². The van der Waals surface area contributed by atoms with Crippen molar-refractivity contribution in [3.05, 3.63) is 40.7 Å². The van der Waals surface area contributed by atoms with E-state index in [1.165, 1.54) is 0 Å². The van der Waals surface area contributed by atoms with Gasteiger partial charge >= 0.3 is 0 Å². The van der Waals surface area contributed by atoms with E-state index in [0.29, 0.717) is 30.1 Å². The number of rotatable bonds is 7. The lowest BCUT2D eigenvalue weighted by Crippen LogP contribution is -2.27. The highest BCUT2D eigenvalue weighted by molar-refractivity contribution is 6.30. The fraction of sp³-hybridized carbons (Fsp3) is 0.438. The second-order valence-corrected chi connectivity index (χ2v) is 5.86. The summed E-state index contributed by atoms with van der Waals surface area (Å²) in [5, 5.41) is 20.8. The number of aliphatic hydroxyl groups excluding tert-OH is 1. The Morgan fingerprint density at radius 2 is 2.26 bits per heavy atom. The summed E-state index contributed by atoms with van der Waals surface area (Å²) in [5.74, 6) is -0.276. The Morgan fingerprint density at radius 3 is 2.91 bits per heavy atom. The highest BCUT2D eigenvalue weighted by Gasteiger charge is 2.19. The summed E-state index contributed by atoms with van der Waals surface area (Å²) in [6, 6.07) is 7.27. The second kappa shape index (κ2) is 8.08. The molecular formula is C16H21ClN4O2. The van der Waals surface area contributed by atoms with Crippen LogP contribution in [0.3, 0.4) is 0 Å². The molecular weight excluding hydrogens is 316 g/mol. The first-order valence-corrected chi connectivity index (χ1v) is 8.07. The minimum Gasteiger partial charge on any atom is -0.393 e. The molecule has 23 heavy (non-hydrogen) atoms. The molecule has 2 aromatic rings. The first kappa shape index (κ1) is 17.4. The van der Waals surface area contributed by atoms with Crippen LogP contribution in [0.1, 0.15) is 42.9 Å². The van der Waals surface area contributed by atoms with Crippen LogP contribution in [0.4, 0.5) is 0 Å². The van der Waals surface area contributed by atoms with Gasteiger partial charge in [0.25, 0.3) is 5.91 Å². The Balaban J connectivity index is 2.25. The van der Waals surface area contributed by atoms with Crippen molar-refractivity contribution in [2.45, 2.75) is 39.2 Å². The van der Waals surface area contributed by atoms with Crippen molar-refractivity contribution < 1.29 is 9.90 Å². The van der Waals surface area contributed by atoms with Crippen molar-refractivity contribution in [1.82, 2.24) is 20.3 Å². The predicted molar refractivity (Wildman–Crippen MR) is 89.0 cm³/mol. The largest absolute Gasteiger partial charge is 0.393 e. The second-order valence-electron chi connectivity index (χ2n) is 5.42. The van der Waals surface area contributed by atoms with Crippen LogP contribution in [0.2, 0.25) is 5.02 Å². The van der Waals surface area contributed by atoms with Crippen LogP contribution in [-0.2, 0) is 6.42 Å². The standard InChI is InChI=1S/C16H21ClN4O2/c1-3-5-14-15(16(23)18-9-8-11(2)22)19-20-21(14)13-7-4-6-12(17)10-13/h4,6-7,10-11,22H,3,5,8-9H2,1-2H3,(H,18,23). The number of hydrogen-bond donors (Lipinski definition) is 2.